The van der Waals surface area contributed by atoms with E-state index in [-0.39, 0.29) is 11.9 Å². The van der Waals surface area contributed by atoms with Gasteiger partial charge in [0.2, 0.25) is 0 Å². The van der Waals surface area contributed by atoms with E-state index in [0.29, 0.717) is 0 Å². The summed E-state index contributed by atoms with van der Waals surface area (Å²) in [5, 5.41) is 0. The fourth-order valence-electron chi connectivity index (χ4n) is 4.97. The van der Waals surface area contributed by atoms with Crippen molar-refractivity contribution < 1.29 is 9.53 Å². The molecule has 1 saturated heterocycles. The predicted octanol–water partition coefficient (Wildman–Crippen LogP) is 6.54. The van der Waals surface area contributed by atoms with Gasteiger partial charge in [0.25, 0.3) is 0 Å². The SMILES string of the molecule is O=C1O/C(=C\CCCC2CCCCC2)C1CCCC1CCCCC1. The average molecular weight is 333 g/mol. The molecule has 3 rings (SSSR count). The maximum absolute atomic E-state index is 11.7. The standard InChI is InChI=1S/C22H36O2/c23-22-20(16-9-15-19-12-5-2-6-13-19)21(24-22)17-8-7-14-18-10-3-1-4-11-18/h17-20H,1-16H2/b21-17-. The number of allylic oxidation sites excluding steroid dienone is 1. The molecule has 3 fully saturated rings. The van der Waals surface area contributed by atoms with E-state index in [1.165, 1.54) is 89.9 Å². The molecule has 24 heavy (non-hydrogen) atoms. The van der Waals surface area contributed by atoms with Gasteiger partial charge in [0.05, 0.1) is 0 Å². The lowest BCUT2D eigenvalue weighted by Gasteiger charge is -2.29. The maximum Gasteiger partial charge on any atom is 0.321 e. The Hall–Kier alpha value is -0.790. The van der Waals surface area contributed by atoms with Crippen LogP contribution in [0.15, 0.2) is 11.8 Å². The minimum Gasteiger partial charge on any atom is -0.430 e. The van der Waals surface area contributed by atoms with Gasteiger partial charge >= 0.3 is 5.97 Å². The van der Waals surface area contributed by atoms with Gasteiger partial charge in [0.15, 0.2) is 0 Å². The van der Waals surface area contributed by atoms with Gasteiger partial charge in [0, 0.05) is 0 Å². The second-order valence-corrected chi connectivity index (χ2v) is 8.45. The number of hydrogen-bond acceptors (Lipinski definition) is 2. The number of cyclic esters (lactones) is 1. The third-order valence-electron chi connectivity index (χ3n) is 6.56. The Morgan fingerprint density at radius 3 is 1.96 bits per heavy atom. The smallest absolute Gasteiger partial charge is 0.321 e. The van der Waals surface area contributed by atoms with Gasteiger partial charge in [-0.1, -0.05) is 83.5 Å². The highest BCUT2D eigenvalue weighted by atomic mass is 16.6. The van der Waals surface area contributed by atoms with Crippen molar-refractivity contribution in [3.63, 3.8) is 0 Å². The van der Waals surface area contributed by atoms with E-state index in [0.717, 1.165) is 30.4 Å². The Morgan fingerprint density at radius 2 is 1.38 bits per heavy atom. The molecule has 136 valence electrons. The van der Waals surface area contributed by atoms with E-state index in [1.807, 2.05) is 0 Å². The summed E-state index contributed by atoms with van der Waals surface area (Å²) in [5.74, 6) is 3.01. The van der Waals surface area contributed by atoms with Crippen molar-refractivity contribution >= 4 is 5.97 Å². The summed E-state index contributed by atoms with van der Waals surface area (Å²) < 4.78 is 5.31. The van der Waals surface area contributed by atoms with Crippen molar-refractivity contribution in [2.75, 3.05) is 0 Å². The van der Waals surface area contributed by atoms with E-state index in [9.17, 15) is 4.79 Å². The largest absolute Gasteiger partial charge is 0.430 e. The topological polar surface area (TPSA) is 26.3 Å². The highest BCUT2D eigenvalue weighted by Crippen LogP contribution is 2.34. The van der Waals surface area contributed by atoms with Crippen LogP contribution in [-0.4, -0.2) is 5.97 Å². The molecule has 0 radical (unpaired) electrons. The molecule has 0 bridgehead atoms. The molecule has 1 atom stereocenters. The van der Waals surface area contributed by atoms with E-state index < -0.39 is 0 Å². The van der Waals surface area contributed by atoms with Crippen molar-refractivity contribution in [1.82, 2.24) is 0 Å². The first-order chi connectivity index (χ1) is 11.8. The summed E-state index contributed by atoms with van der Waals surface area (Å²) in [6, 6.07) is 0. The zero-order valence-electron chi connectivity index (χ0n) is 15.4. The second-order valence-electron chi connectivity index (χ2n) is 8.45. The number of esters is 1. The third-order valence-corrected chi connectivity index (χ3v) is 6.56. The normalized spacial score (nSPS) is 27.9. The second kappa shape index (κ2) is 9.63. The summed E-state index contributed by atoms with van der Waals surface area (Å²) in [7, 11) is 0. The van der Waals surface area contributed by atoms with Gasteiger partial charge in [-0.05, 0) is 37.2 Å². The zero-order chi connectivity index (χ0) is 16.6. The Bertz CT molecular complexity index is 414. The van der Waals surface area contributed by atoms with Crippen LogP contribution in [-0.2, 0) is 9.53 Å². The Morgan fingerprint density at radius 1 is 0.792 bits per heavy atom. The van der Waals surface area contributed by atoms with Gasteiger partial charge in [0.1, 0.15) is 11.7 Å². The van der Waals surface area contributed by atoms with Crippen molar-refractivity contribution in [3.05, 3.63) is 11.8 Å². The van der Waals surface area contributed by atoms with E-state index in [4.69, 9.17) is 4.74 Å². The van der Waals surface area contributed by atoms with Crippen LogP contribution in [0.2, 0.25) is 0 Å². The first-order valence-corrected chi connectivity index (χ1v) is 10.7. The van der Waals surface area contributed by atoms with Crippen LogP contribution < -0.4 is 0 Å². The van der Waals surface area contributed by atoms with Crippen molar-refractivity contribution in [3.8, 4) is 0 Å². The number of ether oxygens (including phenoxy) is 1. The Labute approximate surface area is 148 Å². The molecule has 0 N–H and O–H groups in total. The molecule has 0 aromatic carbocycles. The molecule has 1 unspecified atom stereocenters. The summed E-state index contributed by atoms with van der Waals surface area (Å²) >= 11 is 0. The molecule has 2 saturated carbocycles. The van der Waals surface area contributed by atoms with Crippen LogP contribution in [0.3, 0.4) is 0 Å². The third kappa shape index (κ3) is 5.36. The first kappa shape index (κ1) is 18.0. The minimum absolute atomic E-state index is 0.0252. The van der Waals surface area contributed by atoms with E-state index in [2.05, 4.69) is 6.08 Å². The highest BCUT2D eigenvalue weighted by molar-refractivity contribution is 5.82. The maximum atomic E-state index is 11.7. The Balaban J connectivity index is 1.30. The first-order valence-electron chi connectivity index (χ1n) is 10.7. The fourth-order valence-corrected chi connectivity index (χ4v) is 4.97. The number of rotatable bonds is 8. The lowest BCUT2D eigenvalue weighted by Crippen LogP contribution is -2.32. The average Bonchev–Trinajstić information content (AvgIpc) is 2.63. The van der Waals surface area contributed by atoms with Gasteiger partial charge in [-0.2, -0.15) is 0 Å². The lowest BCUT2D eigenvalue weighted by atomic mass is 9.84. The molecule has 1 heterocycles. The van der Waals surface area contributed by atoms with Crippen LogP contribution in [0.4, 0.5) is 0 Å². The zero-order valence-corrected chi connectivity index (χ0v) is 15.4. The molecular weight excluding hydrogens is 296 g/mol. The van der Waals surface area contributed by atoms with Crippen molar-refractivity contribution in [2.24, 2.45) is 17.8 Å². The number of carbonyl (C=O) groups excluding carboxylic acids is 1. The molecule has 2 aliphatic carbocycles. The number of carbonyl (C=O) groups is 1. The highest BCUT2D eigenvalue weighted by Gasteiger charge is 2.36. The van der Waals surface area contributed by atoms with Crippen molar-refractivity contribution in [2.45, 2.75) is 103 Å². The number of hydrogen-bond donors (Lipinski definition) is 0. The molecule has 2 heteroatoms. The molecule has 1 aliphatic heterocycles. The molecule has 0 aromatic heterocycles. The minimum atomic E-state index is 0.0252. The molecule has 0 spiro atoms. The Kier molecular flexibility index (Phi) is 7.23. The fraction of sp³-hybridized carbons (Fsp3) is 0.864. The van der Waals surface area contributed by atoms with Crippen molar-refractivity contribution in [1.29, 1.82) is 0 Å². The number of unbranched alkanes of at least 4 members (excludes halogenated alkanes) is 1. The van der Waals surface area contributed by atoms with Crippen LogP contribution in [0.25, 0.3) is 0 Å². The predicted molar refractivity (Wildman–Crippen MR) is 98.5 cm³/mol. The summed E-state index contributed by atoms with van der Waals surface area (Å²) in [4.78, 5) is 11.7. The summed E-state index contributed by atoms with van der Waals surface area (Å²) in [6.07, 6.45) is 23.8. The van der Waals surface area contributed by atoms with Gasteiger partial charge in [-0.3, -0.25) is 4.79 Å². The monoisotopic (exact) mass is 332 g/mol. The summed E-state index contributed by atoms with van der Waals surface area (Å²) in [6.45, 7) is 0. The molecule has 0 amide bonds. The molecule has 2 nitrogen and oxygen atoms in total. The van der Waals surface area contributed by atoms with Gasteiger partial charge in [-0.15, -0.1) is 0 Å². The van der Waals surface area contributed by atoms with E-state index >= 15 is 0 Å². The van der Waals surface area contributed by atoms with E-state index in [1.54, 1.807) is 0 Å². The quantitative estimate of drug-likeness (QED) is 0.372. The van der Waals surface area contributed by atoms with Gasteiger partial charge < -0.3 is 4.74 Å². The van der Waals surface area contributed by atoms with Crippen LogP contribution >= 0.6 is 0 Å². The summed E-state index contributed by atoms with van der Waals surface area (Å²) in [5.41, 5.74) is 0. The van der Waals surface area contributed by atoms with Crippen LogP contribution in [0, 0.1) is 17.8 Å². The van der Waals surface area contributed by atoms with Crippen LogP contribution in [0.1, 0.15) is 103 Å². The molecule has 3 aliphatic rings. The lowest BCUT2D eigenvalue weighted by molar-refractivity contribution is -0.157. The molecular formula is C22H36O2. The van der Waals surface area contributed by atoms with Gasteiger partial charge in [-0.25, -0.2) is 0 Å². The molecule has 0 aromatic rings. The van der Waals surface area contributed by atoms with Crippen LogP contribution in [0.5, 0.6) is 0 Å².